The van der Waals surface area contributed by atoms with Crippen LogP contribution in [-0.4, -0.2) is 31.6 Å². The lowest BCUT2D eigenvalue weighted by molar-refractivity contribution is -0.134. The first kappa shape index (κ1) is 17.8. The van der Waals surface area contributed by atoms with Crippen LogP contribution in [0.3, 0.4) is 0 Å². The summed E-state index contributed by atoms with van der Waals surface area (Å²) in [4.78, 5) is 23.2. The summed E-state index contributed by atoms with van der Waals surface area (Å²) in [5.74, 6) is -0.0997. The number of nitrogens with one attached hydrogen (secondary N) is 4. The van der Waals surface area contributed by atoms with Gasteiger partial charge in [-0.05, 0) is 36.0 Å². The van der Waals surface area contributed by atoms with Crippen molar-refractivity contribution in [2.45, 2.75) is 63.4 Å². The van der Waals surface area contributed by atoms with Gasteiger partial charge in [0.2, 0.25) is 0 Å². The van der Waals surface area contributed by atoms with E-state index in [1.54, 1.807) is 7.11 Å². The molecule has 5 atom stereocenters. The molecule has 1 aromatic carbocycles. The van der Waals surface area contributed by atoms with Crippen molar-refractivity contribution in [1.82, 2.24) is 21.6 Å². The lowest BCUT2D eigenvalue weighted by atomic mass is 10.0. The van der Waals surface area contributed by atoms with Gasteiger partial charge >= 0.3 is 0 Å². The van der Waals surface area contributed by atoms with Crippen LogP contribution in [0.4, 0.5) is 0 Å². The van der Waals surface area contributed by atoms with Gasteiger partial charge in [0, 0.05) is 13.5 Å². The summed E-state index contributed by atoms with van der Waals surface area (Å²) in [6.45, 7) is 2.08. The minimum absolute atomic E-state index is 0.00262. The Morgan fingerprint density at radius 2 is 2.23 bits per heavy atom. The molecule has 2 heterocycles. The first-order valence-corrected chi connectivity index (χ1v) is 9.22. The molecule has 4 N–H and O–H groups in total. The second-order valence-corrected chi connectivity index (χ2v) is 6.97. The number of carbonyl (C=O) groups excluding carboxylic acids is 1. The van der Waals surface area contributed by atoms with Crippen molar-refractivity contribution in [3.63, 3.8) is 0 Å². The van der Waals surface area contributed by atoms with E-state index in [9.17, 15) is 4.79 Å². The van der Waals surface area contributed by atoms with Crippen LogP contribution in [0.1, 0.15) is 55.1 Å². The maximum atomic E-state index is 12.4. The van der Waals surface area contributed by atoms with Gasteiger partial charge in [0.1, 0.15) is 18.6 Å². The first-order valence-electron chi connectivity index (χ1n) is 9.22. The highest BCUT2D eigenvalue weighted by atomic mass is 16.7. The molecule has 26 heavy (non-hydrogen) atoms. The molecule has 0 radical (unpaired) electrons. The highest BCUT2D eigenvalue weighted by molar-refractivity contribution is 5.81. The standard InChI is InChI=1S/C18H26N4O4/c1-3-15-20-17(22-26-15)11-4-6-12-10(8-11)5-7-13(12)19-18(23)14-9-16(24-2)21-25-14/h4,6,8,13-17,20-22H,3,5,7,9H2,1-2H3,(H,19,23)/t13-,14?,15?,16?,17?/m1/s1. The Morgan fingerprint density at radius 3 is 2.96 bits per heavy atom. The fourth-order valence-electron chi connectivity index (χ4n) is 3.75. The van der Waals surface area contributed by atoms with Crippen molar-refractivity contribution in [3.8, 4) is 0 Å². The molecule has 8 nitrogen and oxygen atoms in total. The van der Waals surface area contributed by atoms with E-state index in [1.165, 1.54) is 11.1 Å². The molecule has 2 aliphatic heterocycles. The van der Waals surface area contributed by atoms with Gasteiger partial charge in [-0.1, -0.05) is 25.1 Å². The second-order valence-electron chi connectivity index (χ2n) is 6.97. The molecule has 4 unspecified atom stereocenters. The molecule has 142 valence electrons. The number of amides is 1. The van der Waals surface area contributed by atoms with Crippen molar-refractivity contribution < 1.29 is 19.2 Å². The molecule has 1 aliphatic carbocycles. The van der Waals surface area contributed by atoms with E-state index < -0.39 is 6.10 Å². The first-order chi connectivity index (χ1) is 12.7. The predicted octanol–water partition coefficient (Wildman–Crippen LogP) is 0.915. The highest BCUT2D eigenvalue weighted by Crippen LogP contribution is 2.33. The third-order valence-electron chi connectivity index (χ3n) is 5.29. The van der Waals surface area contributed by atoms with Crippen LogP contribution < -0.4 is 21.6 Å². The Labute approximate surface area is 152 Å². The molecule has 2 saturated heterocycles. The zero-order valence-electron chi connectivity index (χ0n) is 15.1. The Morgan fingerprint density at radius 1 is 1.35 bits per heavy atom. The molecular formula is C18H26N4O4. The van der Waals surface area contributed by atoms with Gasteiger partial charge in [-0.3, -0.25) is 19.8 Å². The monoisotopic (exact) mass is 362 g/mol. The van der Waals surface area contributed by atoms with Crippen LogP contribution in [0.15, 0.2) is 18.2 Å². The average molecular weight is 362 g/mol. The number of fused-ring (bicyclic) bond motifs is 1. The quantitative estimate of drug-likeness (QED) is 0.619. The van der Waals surface area contributed by atoms with Crippen LogP contribution in [0.25, 0.3) is 0 Å². The molecule has 8 heteroatoms. The smallest absolute Gasteiger partial charge is 0.251 e. The van der Waals surface area contributed by atoms with E-state index in [1.807, 2.05) is 0 Å². The van der Waals surface area contributed by atoms with Crippen LogP contribution in [0.5, 0.6) is 0 Å². The second kappa shape index (κ2) is 7.59. The Bertz CT molecular complexity index is 671. The van der Waals surface area contributed by atoms with E-state index in [2.05, 4.69) is 46.7 Å². The number of benzene rings is 1. The summed E-state index contributed by atoms with van der Waals surface area (Å²) in [6, 6.07) is 6.42. The molecule has 0 bridgehead atoms. The largest absolute Gasteiger partial charge is 0.364 e. The van der Waals surface area contributed by atoms with Gasteiger partial charge < -0.3 is 10.1 Å². The molecule has 2 fully saturated rings. The molecule has 1 amide bonds. The topological polar surface area (TPSA) is 92.9 Å². The van der Waals surface area contributed by atoms with Crippen molar-refractivity contribution in [3.05, 3.63) is 34.9 Å². The van der Waals surface area contributed by atoms with E-state index in [0.29, 0.717) is 6.42 Å². The Hall–Kier alpha value is -1.55. The third kappa shape index (κ3) is 3.48. The molecule has 0 spiro atoms. The van der Waals surface area contributed by atoms with E-state index in [4.69, 9.17) is 14.4 Å². The summed E-state index contributed by atoms with van der Waals surface area (Å²) in [6.07, 6.45) is 2.56. The fraction of sp³-hybridized carbons (Fsp3) is 0.611. The van der Waals surface area contributed by atoms with Crippen LogP contribution in [0, 0.1) is 0 Å². The number of carbonyl (C=O) groups is 1. The van der Waals surface area contributed by atoms with Crippen LogP contribution >= 0.6 is 0 Å². The van der Waals surface area contributed by atoms with Crippen LogP contribution in [-0.2, 0) is 25.6 Å². The van der Waals surface area contributed by atoms with Gasteiger partial charge in [-0.15, -0.1) is 0 Å². The minimum atomic E-state index is -0.515. The molecule has 0 saturated carbocycles. The number of ether oxygens (including phenoxy) is 1. The van der Waals surface area contributed by atoms with E-state index in [0.717, 1.165) is 24.8 Å². The fourth-order valence-corrected chi connectivity index (χ4v) is 3.75. The SMILES string of the molecule is CCC1NC(c2ccc3c(c2)CC[C@H]3NC(=O)C2CC(OC)NO2)NO1. The molecule has 0 aromatic heterocycles. The number of methoxy groups -OCH3 is 1. The Balaban J connectivity index is 1.40. The number of hydrogen-bond donors (Lipinski definition) is 4. The lowest BCUT2D eigenvalue weighted by Gasteiger charge is -2.17. The van der Waals surface area contributed by atoms with Gasteiger partial charge in [0.15, 0.2) is 6.10 Å². The number of aryl methyl sites for hydroxylation is 1. The number of rotatable bonds is 5. The average Bonchev–Trinajstić information content (AvgIpc) is 3.40. The maximum absolute atomic E-state index is 12.4. The molecule has 1 aromatic rings. The van der Waals surface area contributed by atoms with Crippen molar-refractivity contribution in [2.24, 2.45) is 0 Å². The number of hydrogen-bond acceptors (Lipinski definition) is 7. The van der Waals surface area contributed by atoms with Crippen LogP contribution in [0.2, 0.25) is 0 Å². The zero-order valence-corrected chi connectivity index (χ0v) is 15.1. The normalized spacial score (nSPS) is 33.4. The van der Waals surface area contributed by atoms with Crippen molar-refractivity contribution >= 4 is 5.91 Å². The molecule has 4 rings (SSSR count). The summed E-state index contributed by atoms with van der Waals surface area (Å²) >= 11 is 0. The Kier molecular flexibility index (Phi) is 5.21. The summed E-state index contributed by atoms with van der Waals surface area (Å²) in [5, 5.41) is 6.51. The summed E-state index contributed by atoms with van der Waals surface area (Å²) in [5.41, 5.74) is 9.37. The third-order valence-corrected chi connectivity index (χ3v) is 5.29. The van der Waals surface area contributed by atoms with E-state index in [-0.39, 0.29) is 30.6 Å². The minimum Gasteiger partial charge on any atom is -0.364 e. The van der Waals surface area contributed by atoms with Gasteiger partial charge in [-0.25, -0.2) is 0 Å². The number of hydroxylamine groups is 2. The van der Waals surface area contributed by atoms with Crippen molar-refractivity contribution in [1.29, 1.82) is 0 Å². The summed E-state index contributed by atoms with van der Waals surface area (Å²) in [7, 11) is 1.59. The maximum Gasteiger partial charge on any atom is 0.251 e. The predicted molar refractivity (Wildman–Crippen MR) is 93.2 cm³/mol. The molecule has 3 aliphatic rings. The van der Waals surface area contributed by atoms with Gasteiger partial charge in [0.05, 0.1) is 6.04 Å². The zero-order chi connectivity index (χ0) is 18.1. The highest BCUT2D eigenvalue weighted by Gasteiger charge is 2.34. The molecular weight excluding hydrogens is 336 g/mol. The van der Waals surface area contributed by atoms with Crippen molar-refractivity contribution in [2.75, 3.05) is 7.11 Å². The van der Waals surface area contributed by atoms with Gasteiger partial charge in [-0.2, -0.15) is 11.0 Å². The summed E-state index contributed by atoms with van der Waals surface area (Å²) < 4.78 is 5.16. The van der Waals surface area contributed by atoms with Gasteiger partial charge in [0.25, 0.3) is 5.91 Å². The lowest BCUT2D eigenvalue weighted by Crippen LogP contribution is -2.36. The van der Waals surface area contributed by atoms with E-state index >= 15 is 0 Å².